The van der Waals surface area contributed by atoms with Crippen molar-refractivity contribution in [2.45, 2.75) is 39.5 Å². The second-order valence-electron chi connectivity index (χ2n) is 5.70. The van der Waals surface area contributed by atoms with Crippen molar-refractivity contribution >= 4 is 5.82 Å². The molecule has 0 spiro atoms. The van der Waals surface area contributed by atoms with Crippen molar-refractivity contribution in [1.29, 1.82) is 0 Å². The molecule has 19 heavy (non-hydrogen) atoms. The molecule has 3 heteroatoms. The maximum absolute atomic E-state index is 6.12. The van der Waals surface area contributed by atoms with E-state index in [4.69, 9.17) is 5.73 Å². The molecule has 1 aromatic heterocycles. The van der Waals surface area contributed by atoms with Crippen molar-refractivity contribution in [2.24, 2.45) is 7.05 Å². The van der Waals surface area contributed by atoms with Gasteiger partial charge in [0.15, 0.2) is 0 Å². The van der Waals surface area contributed by atoms with Gasteiger partial charge in [0.25, 0.3) is 0 Å². The summed E-state index contributed by atoms with van der Waals surface area (Å²) < 4.78 is 1.76. The molecule has 0 unspecified atom stereocenters. The molecule has 0 aliphatic heterocycles. The molecule has 2 aromatic rings. The summed E-state index contributed by atoms with van der Waals surface area (Å²) in [7, 11) is 1.90. The largest absolute Gasteiger partial charge is 0.384 e. The SMILES string of the molecule is CC(C)c1ccc(-c2nn(C)c(N)c2C(C)C)cc1. The van der Waals surface area contributed by atoms with Crippen LogP contribution in [0.15, 0.2) is 24.3 Å². The highest BCUT2D eigenvalue weighted by atomic mass is 15.3. The van der Waals surface area contributed by atoms with Crippen LogP contribution in [0.1, 0.15) is 50.7 Å². The maximum Gasteiger partial charge on any atom is 0.125 e. The Morgan fingerprint density at radius 1 is 1.00 bits per heavy atom. The normalized spacial score (nSPS) is 11.5. The maximum atomic E-state index is 6.12. The molecule has 3 nitrogen and oxygen atoms in total. The topological polar surface area (TPSA) is 43.8 Å². The number of hydrogen-bond donors (Lipinski definition) is 1. The first-order valence-electron chi connectivity index (χ1n) is 6.84. The Hall–Kier alpha value is -1.77. The zero-order valence-electron chi connectivity index (χ0n) is 12.4. The lowest BCUT2D eigenvalue weighted by Gasteiger charge is -2.09. The third-order valence-corrected chi connectivity index (χ3v) is 3.56. The average molecular weight is 257 g/mol. The minimum absolute atomic E-state index is 0.369. The van der Waals surface area contributed by atoms with Gasteiger partial charge in [-0.3, -0.25) is 4.68 Å². The van der Waals surface area contributed by atoms with Crippen molar-refractivity contribution in [3.05, 3.63) is 35.4 Å². The standard InChI is InChI=1S/C16H23N3/c1-10(2)12-6-8-13(9-7-12)15-14(11(3)4)16(17)19(5)18-15/h6-11H,17H2,1-5H3. The first-order valence-corrected chi connectivity index (χ1v) is 6.84. The van der Waals surface area contributed by atoms with Gasteiger partial charge in [-0.1, -0.05) is 52.0 Å². The second-order valence-corrected chi connectivity index (χ2v) is 5.70. The van der Waals surface area contributed by atoms with Crippen LogP contribution >= 0.6 is 0 Å². The Morgan fingerprint density at radius 3 is 2.05 bits per heavy atom. The molecule has 102 valence electrons. The number of nitrogen functional groups attached to an aromatic ring is 1. The lowest BCUT2D eigenvalue weighted by molar-refractivity contribution is 0.780. The molecule has 0 fully saturated rings. The number of benzene rings is 1. The summed E-state index contributed by atoms with van der Waals surface area (Å²) in [5.41, 5.74) is 10.7. The van der Waals surface area contributed by atoms with E-state index >= 15 is 0 Å². The molecule has 2 N–H and O–H groups in total. The highest BCUT2D eigenvalue weighted by Gasteiger charge is 2.18. The summed E-state index contributed by atoms with van der Waals surface area (Å²) >= 11 is 0. The number of nitrogens with zero attached hydrogens (tertiary/aromatic N) is 2. The molecule has 0 aliphatic carbocycles. The van der Waals surface area contributed by atoms with Crippen LogP contribution in [0.2, 0.25) is 0 Å². The molecule has 0 aliphatic rings. The van der Waals surface area contributed by atoms with E-state index in [0.29, 0.717) is 11.8 Å². The first-order chi connectivity index (χ1) is 8.91. The number of rotatable bonds is 3. The van der Waals surface area contributed by atoms with Crippen LogP contribution in [-0.2, 0) is 7.05 Å². The van der Waals surface area contributed by atoms with Crippen molar-refractivity contribution in [1.82, 2.24) is 9.78 Å². The molecule has 0 amide bonds. The van der Waals surface area contributed by atoms with Crippen molar-refractivity contribution in [3.8, 4) is 11.3 Å². The van der Waals surface area contributed by atoms with Gasteiger partial charge in [-0.25, -0.2) is 0 Å². The van der Waals surface area contributed by atoms with Gasteiger partial charge >= 0.3 is 0 Å². The zero-order valence-corrected chi connectivity index (χ0v) is 12.4. The van der Waals surface area contributed by atoms with E-state index < -0.39 is 0 Å². The van der Waals surface area contributed by atoms with E-state index in [-0.39, 0.29) is 0 Å². The number of aromatic nitrogens is 2. The molecule has 1 aromatic carbocycles. The number of nitrogens with two attached hydrogens (primary N) is 1. The molecular formula is C16H23N3. The Bertz CT molecular complexity index is 562. The molecule has 1 heterocycles. The molecule has 0 saturated heterocycles. The molecule has 0 bridgehead atoms. The summed E-state index contributed by atoms with van der Waals surface area (Å²) in [6, 6.07) is 8.63. The number of anilines is 1. The van der Waals surface area contributed by atoms with Crippen molar-refractivity contribution in [3.63, 3.8) is 0 Å². The monoisotopic (exact) mass is 257 g/mol. The third kappa shape index (κ3) is 2.50. The lowest BCUT2D eigenvalue weighted by Crippen LogP contribution is -2.00. The van der Waals surface area contributed by atoms with Gasteiger partial charge in [-0.15, -0.1) is 0 Å². The summed E-state index contributed by atoms with van der Waals surface area (Å²) in [5, 5.41) is 4.57. The van der Waals surface area contributed by atoms with Crippen LogP contribution < -0.4 is 5.73 Å². The van der Waals surface area contributed by atoms with Gasteiger partial charge in [0.05, 0.1) is 5.69 Å². The van der Waals surface area contributed by atoms with Crippen molar-refractivity contribution in [2.75, 3.05) is 5.73 Å². The average Bonchev–Trinajstić information content (AvgIpc) is 2.66. The zero-order chi connectivity index (χ0) is 14.2. The van der Waals surface area contributed by atoms with E-state index in [1.807, 2.05) is 7.05 Å². The lowest BCUT2D eigenvalue weighted by atomic mass is 9.96. The van der Waals surface area contributed by atoms with E-state index in [1.54, 1.807) is 4.68 Å². The molecule has 0 atom stereocenters. The number of aryl methyl sites for hydroxylation is 1. The molecular weight excluding hydrogens is 234 g/mol. The fraction of sp³-hybridized carbons (Fsp3) is 0.438. The van der Waals surface area contributed by atoms with Crippen molar-refractivity contribution < 1.29 is 0 Å². The van der Waals surface area contributed by atoms with E-state index in [1.165, 1.54) is 5.56 Å². The fourth-order valence-electron chi connectivity index (χ4n) is 2.36. The van der Waals surface area contributed by atoms with Gasteiger partial charge in [-0.05, 0) is 17.4 Å². The fourth-order valence-corrected chi connectivity index (χ4v) is 2.36. The summed E-state index contributed by atoms with van der Waals surface area (Å²) in [5.74, 6) is 1.68. The minimum atomic E-state index is 0.369. The van der Waals surface area contributed by atoms with Crippen LogP contribution in [0, 0.1) is 0 Å². The highest BCUT2D eigenvalue weighted by molar-refractivity contribution is 5.69. The highest BCUT2D eigenvalue weighted by Crippen LogP contribution is 2.33. The Morgan fingerprint density at radius 2 is 1.58 bits per heavy atom. The molecule has 0 radical (unpaired) electrons. The van der Waals surface area contributed by atoms with Crippen LogP contribution in [0.4, 0.5) is 5.82 Å². The Kier molecular flexibility index (Phi) is 3.65. The van der Waals surface area contributed by atoms with Gasteiger partial charge in [0.2, 0.25) is 0 Å². The second kappa shape index (κ2) is 5.08. The van der Waals surface area contributed by atoms with Crippen LogP contribution in [-0.4, -0.2) is 9.78 Å². The quantitative estimate of drug-likeness (QED) is 0.905. The van der Waals surface area contributed by atoms with Gasteiger partial charge in [-0.2, -0.15) is 5.10 Å². The summed E-state index contributed by atoms with van der Waals surface area (Å²) in [6.45, 7) is 8.71. The van der Waals surface area contributed by atoms with Gasteiger partial charge in [0, 0.05) is 18.2 Å². The smallest absolute Gasteiger partial charge is 0.125 e. The van der Waals surface area contributed by atoms with E-state index in [2.05, 4.69) is 57.1 Å². The molecule has 0 saturated carbocycles. The van der Waals surface area contributed by atoms with Crippen LogP contribution in [0.5, 0.6) is 0 Å². The first kappa shape index (κ1) is 13.7. The summed E-state index contributed by atoms with van der Waals surface area (Å²) in [4.78, 5) is 0. The van der Waals surface area contributed by atoms with Crippen LogP contribution in [0.3, 0.4) is 0 Å². The minimum Gasteiger partial charge on any atom is -0.384 e. The third-order valence-electron chi connectivity index (χ3n) is 3.56. The van der Waals surface area contributed by atoms with E-state index in [0.717, 1.165) is 22.6 Å². The van der Waals surface area contributed by atoms with Gasteiger partial charge < -0.3 is 5.73 Å². The number of hydrogen-bond acceptors (Lipinski definition) is 2. The van der Waals surface area contributed by atoms with Gasteiger partial charge in [0.1, 0.15) is 5.82 Å². The Labute approximate surface area is 115 Å². The molecule has 2 rings (SSSR count). The Balaban J connectivity index is 2.50. The van der Waals surface area contributed by atoms with Crippen LogP contribution in [0.25, 0.3) is 11.3 Å². The predicted octanol–water partition coefficient (Wildman–Crippen LogP) is 3.92. The summed E-state index contributed by atoms with van der Waals surface area (Å²) in [6.07, 6.45) is 0. The predicted molar refractivity (Wildman–Crippen MR) is 81.2 cm³/mol. The van der Waals surface area contributed by atoms with E-state index in [9.17, 15) is 0 Å².